The summed E-state index contributed by atoms with van der Waals surface area (Å²) in [5.41, 5.74) is 0.134. The van der Waals surface area contributed by atoms with Crippen molar-refractivity contribution in [2.45, 2.75) is 24.8 Å². The van der Waals surface area contributed by atoms with Gasteiger partial charge in [-0.2, -0.15) is 0 Å². The van der Waals surface area contributed by atoms with Crippen molar-refractivity contribution in [3.63, 3.8) is 0 Å². The number of carbonyl (C=O) groups is 1. The summed E-state index contributed by atoms with van der Waals surface area (Å²) in [7, 11) is -0.766. The maximum absolute atomic E-state index is 12.5. The second-order valence-corrected chi connectivity index (χ2v) is 9.84. The Labute approximate surface area is 166 Å². The number of nitrogens with one attached hydrogen (secondary N) is 1. The summed E-state index contributed by atoms with van der Waals surface area (Å²) in [5.74, 6) is 0.152. The zero-order valence-electron chi connectivity index (χ0n) is 16.2. The van der Waals surface area contributed by atoms with Crippen molar-refractivity contribution >= 4 is 27.5 Å². The summed E-state index contributed by atoms with van der Waals surface area (Å²) in [4.78, 5) is 14.9. The number of ether oxygens (including phenoxy) is 1. The highest BCUT2D eigenvalue weighted by Gasteiger charge is 2.23. The van der Waals surface area contributed by atoms with Crippen molar-refractivity contribution in [2.75, 3.05) is 46.9 Å². The summed E-state index contributed by atoms with van der Waals surface area (Å²) in [5, 5.41) is 3.01. The van der Waals surface area contributed by atoms with Crippen LogP contribution in [-0.4, -0.2) is 76.5 Å². The lowest BCUT2D eigenvalue weighted by molar-refractivity contribution is -0.0295. The highest BCUT2D eigenvalue weighted by atomic mass is 35.5. The summed E-state index contributed by atoms with van der Waals surface area (Å²) >= 11 is 6.11. The molecule has 0 unspecified atom stereocenters. The minimum Gasteiger partial charge on any atom is -0.374 e. The van der Waals surface area contributed by atoms with Crippen molar-refractivity contribution in [1.82, 2.24) is 14.5 Å². The number of hydrogen-bond acceptors (Lipinski definition) is 5. The predicted molar refractivity (Wildman–Crippen MR) is 106 cm³/mol. The average Bonchev–Trinajstić information content (AvgIpc) is 2.59. The fourth-order valence-electron chi connectivity index (χ4n) is 2.94. The van der Waals surface area contributed by atoms with Crippen LogP contribution in [0.4, 0.5) is 0 Å². The summed E-state index contributed by atoms with van der Waals surface area (Å²) < 4.78 is 31.4. The van der Waals surface area contributed by atoms with E-state index in [9.17, 15) is 13.2 Å². The standard InChI is InChI=1S/C18H28ClN3O4S/c1-13(2)11-22-7-8-26-14(12-22)10-20-18(23)16-9-15(5-6-17(16)19)27(24,25)21(3)4/h5-6,9,13-14H,7-8,10-12H2,1-4H3,(H,20,23)/t14-/m0/s1. The van der Waals surface area contributed by atoms with Crippen LogP contribution in [0.15, 0.2) is 23.1 Å². The topological polar surface area (TPSA) is 79.0 Å². The first-order valence-electron chi connectivity index (χ1n) is 8.95. The van der Waals surface area contributed by atoms with E-state index < -0.39 is 15.9 Å². The Hall–Kier alpha value is -1.19. The van der Waals surface area contributed by atoms with Crippen LogP contribution < -0.4 is 5.32 Å². The molecule has 1 aromatic rings. The van der Waals surface area contributed by atoms with Crippen LogP contribution >= 0.6 is 11.6 Å². The van der Waals surface area contributed by atoms with Gasteiger partial charge in [0.15, 0.2) is 0 Å². The van der Waals surface area contributed by atoms with E-state index in [0.29, 0.717) is 19.1 Å². The molecule has 0 bridgehead atoms. The molecule has 1 amide bonds. The van der Waals surface area contributed by atoms with Crippen molar-refractivity contribution in [3.8, 4) is 0 Å². The SMILES string of the molecule is CC(C)CN1CCO[C@@H](CNC(=O)c2cc(S(=O)(=O)N(C)C)ccc2Cl)C1. The molecule has 0 spiro atoms. The van der Waals surface area contributed by atoms with Gasteiger partial charge in [0.2, 0.25) is 10.0 Å². The number of rotatable bonds is 7. The molecule has 1 atom stereocenters. The summed E-state index contributed by atoms with van der Waals surface area (Å²) in [6.07, 6.45) is -0.103. The van der Waals surface area contributed by atoms with Gasteiger partial charge in [0.1, 0.15) is 0 Å². The molecule has 1 fully saturated rings. The van der Waals surface area contributed by atoms with Crippen LogP contribution in [0.1, 0.15) is 24.2 Å². The number of halogens is 1. The Kier molecular flexibility index (Phi) is 7.64. The quantitative estimate of drug-likeness (QED) is 0.730. The summed E-state index contributed by atoms with van der Waals surface area (Å²) in [6.45, 7) is 7.94. The molecule has 7 nitrogen and oxygen atoms in total. The van der Waals surface area contributed by atoms with E-state index in [1.54, 1.807) is 0 Å². The second-order valence-electron chi connectivity index (χ2n) is 7.29. The van der Waals surface area contributed by atoms with Gasteiger partial charge in [0.05, 0.1) is 28.2 Å². The van der Waals surface area contributed by atoms with E-state index in [1.165, 1.54) is 32.3 Å². The van der Waals surface area contributed by atoms with Crippen molar-refractivity contribution < 1.29 is 17.9 Å². The van der Waals surface area contributed by atoms with Crippen molar-refractivity contribution in [2.24, 2.45) is 5.92 Å². The summed E-state index contributed by atoms with van der Waals surface area (Å²) in [6, 6.07) is 4.12. The number of amides is 1. The van der Waals surface area contributed by atoms with E-state index in [1.807, 2.05) is 0 Å². The third-order valence-corrected chi connectivity index (χ3v) is 6.44. The van der Waals surface area contributed by atoms with Gasteiger partial charge in [-0.3, -0.25) is 9.69 Å². The first-order valence-corrected chi connectivity index (χ1v) is 10.8. The van der Waals surface area contributed by atoms with Crippen LogP contribution in [-0.2, 0) is 14.8 Å². The number of carbonyl (C=O) groups excluding carboxylic acids is 1. The Morgan fingerprint density at radius 3 is 2.74 bits per heavy atom. The van der Waals surface area contributed by atoms with Crippen LogP contribution in [0, 0.1) is 5.92 Å². The number of benzene rings is 1. The molecular formula is C18H28ClN3O4S. The molecule has 2 rings (SSSR count). The van der Waals surface area contributed by atoms with Gasteiger partial charge in [-0.25, -0.2) is 12.7 Å². The maximum Gasteiger partial charge on any atom is 0.252 e. The fourth-order valence-corrected chi connectivity index (χ4v) is 4.07. The monoisotopic (exact) mass is 417 g/mol. The molecule has 1 aliphatic rings. The molecule has 1 aliphatic heterocycles. The second kappa shape index (κ2) is 9.34. The zero-order valence-corrected chi connectivity index (χ0v) is 17.8. The van der Waals surface area contributed by atoms with Gasteiger partial charge in [-0.05, 0) is 24.1 Å². The zero-order chi connectivity index (χ0) is 20.2. The van der Waals surface area contributed by atoms with Crippen LogP contribution in [0.3, 0.4) is 0 Å². The first-order chi connectivity index (χ1) is 12.6. The third kappa shape index (κ3) is 5.89. The van der Waals surface area contributed by atoms with Crippen molar-refractivity contribution in [3.05, 3.63) is 28.8 Å². The van der Waals surface area contributed by atoms with Crippen LogP contribution in [0.2, 0.25) is 5.02 Å². The number of sulfonamides is 1. The maximum atomic E-state index is 12.5. The number of morpholine rings is 1. The fraction of sp³-hybridized carbons (Fsp3) is 0.611. The van der Waals surface area contributed by atoms with E-state index in [4.69, 9.17) is 16.3 Å². The molecule has 1 saturated heterocycles. The van der Waals surface area contributed by atoms with Gasteiger partial charge < -0.3 is 10.1 Å². The van der Waals surface area contributed by atoms with E-state index in [-0.39, 0.29) is 21.6 Å². The molecular weight excluding hydrogens is 390 g/mol. The molecule has 9 heteroatoms. The average molecular weight is 418 g/mol. The van der Waals surface area contributed by atoms with E-state index in [0.717, 1.165) is 23.9 Å². The molecule has 0 aliphatic carbocycles. The number of nitrogens with zero attached hydrogens (tertiary/aromatic N) is 2. The molecule has 1 aromatic carbocycles. The Morgan fingerprint density at radius 2 is 2.11 bits per heavy atom. The predicted octanol–water partition coefficient (Wildman–Crippen LogP) is 1.68. The highest BCUT2D eigenvalue weighted by molar-refractivity contribution is 7.89. The molecule has 1 heterocycles. The highest BCUT2D eigenvalue weighted by Crippen LogP contribution is 2.22. The Morgan fingerprint density at radius 1 is 1.41 bits per heavy atom. The Balaban J connectivity index is 2.04. The van der Waals surface area contributed by atoms with Gasteiger partial charge >= 0.3 is 0 Å². The lowest BCUT2D eigenvalue weighted by atomic mass is 10.1. The van der Waals surface area contributed by atoms with Gasteiger partial charge in [-0.15, -0.1) is 0 Å². The Bertz CT molecular complexity index is 768. The minimum absolute atomic E-state index is 0.0269. The smallest absolute Gasteiger partial charge is 0.252 e. The van der Waals surface area contributed by atoms with Gasteiger partial charge in [-0.1, -0.05) is 25.4 Å². The van der Waals surface area contributed by atoms with Crippen molar-refractivity contribution in [1.29, 1.82) is 0 Å². The molecule has 1 N–H and O–H groups in total. The first kappa shape index (κ1) is 22.1. The minimum atomic E-state index is -3.64. The molecule has 152 valence electrons. The lowest BCUT2D eigenvalue weighted by Gasteiger charge is -2.34. The lowest BCUT2D eigenvalue weighted by Crippen LogP contribution is -2.48. The van der Waals surface area contributed by atoms with Gasteiger partial charge in [0, 0.05) is 40.3 Å². The normalized spacial score (nSPS) is 18.9. The van der Waals surface area contributed by atoms with Gasteiger partial charge in [0.25, 0.3) is 5.91 Å². The van der Waals surface area contributed by atoms with Crippen LogP contribution in [0.5, 0.6) is 0 Å². The third-order valence-electron chi connectivity index (χ3n) is 4.30. The molecule has 0 aromatic heterocycles. The van der Waals surface area contributed by atoms with E-state index >= 15 is 0 Å². The molecule has 0 saturated carbocycles. The van der Waals surface area contributed by atoms with E-state index in [2.05, 4.69) is 24.1 Å². The molecule has 0 radical (unpaired) electrons. The van der Waals surface area contributed by atoms with Crippen LogP contribution in [0.25, 0.3) is 0 Å². The number of hydrogen-bond donors (Lipinski definition) is 1. The largest absolute Gasteiger partial charge is 0.374 e. The molecule has 27 heavy (non-hydrogen) atoms.